The summed E-state index contributed by atoms with van der Waals surface area (Å²) in [6, 6.07) is 8.93. The summed E-state index contributed by atoms with van der Waals surface area (Å²) in [5.74, 6) is -9.60. The lowest BCUT2D eigenvalue weighted by Gasteiger charge is -2.29. The van der Waals surface area contributed by atoms with Crippen LogP contribution in [0.2, 0.25) is 0 Å². The van der Waals surface area contributed by atoms with Crippen molar-refractivity contribution < 1.29 is 53.4 Å². The number of alkyl halides is 10. The quantitative estimate of drug-likeness (QED) is 0.464. The molecule has 2 aromatic carbocycles. The summed E-state index contributed by atoms with van der Waals surface area (Å²) < 4.78 is 137. The molecule has 0 saturated carbocycles. The highest BCUT2D eigenvalue weighted by Gasteiger charge is 2.76. The summed E-state index contributed by atoms with van der Waals surface area (Å²) in [4.78, 5) is 0. The minimum absolute atomic E-state index is 0.0670. The third kappa shape index (κ3) is 4.67. The van der Waals surface area contributed by atoms with Crippen LogP contribution in [0.5, 0.6) is 11.5 Å². The molecule has 12 heteroatoms. The molecule has 0 aliphatic heterocycles. The highest BCUT2D eigenvalue weighted by molar-refractivity contribution is 5.73. The van der Waals surface area contributed by atoms with Gasteiger partial charge in [0.05, 0.1) is 0 Å². The molecule has 29 heavy (non-hydrogen) atoms. The number of para-hydroxylation sites is 1. The van der Waals surface area contributed by atoms with Crippen LogP contribution in [0.15, 0.2) is 48.5 Å². The number of benzene rings is 2. The predicted octanol–water partition coefficient (Wildman–Crippen LogP) is 6.46. The molecule has 0 N–H and O–H groups in total. The number of ether oxygens (including phenoxy) is 2. The normalized spacial score (nSPS) is 13.3. The Kier molecular flexibility index (Phi) is 5.96. The Morgan fingerprint density at radius 1 is 0.690 bits per heavy atom. The van der Waals surface area contributed by atoms with Gasteiger partial charge in [-0.05, 0) is 11.6 Å². The molecule has 0 heterocycles. The number of halogens is 10. The van der Waals surface area contributed by atoms with E-state index in [0.29, 0.717) is 6.07 Å². The van der Waals surface area contributed by atoms with Gasteiger partial charge in [0.2, 0.25) is 0 Å². The monoisotopic (exact) mass is 436 g/mol. The summed E-state index contributed by atoms with van der Waals surface area (Å²) in [5, 5.41) is 0. The van der Waals surface area contributed by atoms with Gasteiger partial charge in [-0.1, -0.05) is 42.5 Å². The van der Waals surface area contributed by atoms with Crippen LogP contribution in [0.1, 0.15) is 0 Å². The summed E-state index contributed by atoms with van der Waals surface area (Å²) >= 11 is 0. The van der Waals surface area contributed by atoms with E-state index in [1.165, 1.54) is 30.3 Å². The van der Waals surface area contributed by atoms with E-state index in [2.05, 4.69) is 9.47 Å². The van der Waals surface area contributed by atoms with Crippen molar-refractivity contribution >= 4 is 0 Å². The zero-order valence-corrected chi connectivity index (χ0v) is 13.9. The number of rotatable bonds is 7. The van der Waals surface area contributed by atoms with Gasteiger partial charge in [0.1, 0.15) is 0 Å². The Bertz CT molecular complexity index is 834. The van der Waals surface area contributed by atoms with Crippen LogP contribution in [0.25, 0.3) is 11.1 Å². The molecule has 0 atom stereocenters. The highest BCUT2D eigenvalue weighted by atomic mass is 19.4. The summed E-state index contributed by atoms with van der Waals surface area (Å²) in [5.41, 5.74) is -0.641. The van der Waals surface area contributed by atoms with E-state index in [4.69, 9.17) is 0 Å². The smallest absolute Gasteiger partial charge is 0.427 e. The summed E-state index contributed by atoms with van der Waals surface area (Å²) in [7, 11) is 0. The largest absolute Gasteiger partial charge is 0.474 e. The van der Waals surface area contributed by atoms with Gasteiger partial charge < -0.3 is 9.47 Å². The standard InChI is InChI=1S/C17H10F10O2/c18-9-14(19,20)28-12-8-4-7-11(10-5-2-1-3-6-10)13(12)29-17(26,27)15(21,22)16(23,24)25/h1-8H,9H2. The van der Waals surface area contributed by atoms with E-state index >= 15 is 0 Å². The fourth-order valence-electron chi connectivity index (χ4n) is 2.09. The molecule has 2 rings (SSSR count). The number of hydrogen-bond acceptors (Lipinski definition) is 2. The molecular weight excluding hydrogens is 426 g/mol. The zero-order valence-electron chi connectivity index (χ0n) is 13.9. The first-order chi connectivity index (χ1) is 13.2. The van der Waals surface area contributed by atoms with Crippen molar-refractivity contribution in [2.24, 2.45) is 0 Å². The first kappa shape index (κ1) is 22.6. The van der Waals surface area contributed by atoms with Gasteiger partial charge >= 0.3 is 24.3 Å². The van der Waals surface area contributed by atoms with Gasteiger partial charge in [-0.3, -0.25) is 0 Å². The Hall–Kier alpha value is -2.66. The average Bonchev–Trinajstić information content (AvgIpc) is 2.62. The fraction of sp³-hybridized carbons (Fsp3) is 0.294. The Balaban J connectivity index is 2.63. The van der Waals surface area contributed by atoms with E-state index in [1.54, 1.807) is 0 Å². The first-order valence-electron chi connectivity index (χ1n) is 7.54. The topological polar surface area (TPSA) is 18.5 Å². The second kappa shape index (κ2) is 7.64. The Morgan fingerprint density at radius 2 is 1.28 bits per heavy atom. The van der Waals surface area contributed by atoms with Gasteiger partial charge in [0.15, 0.2) is 18.2 Å². The highest BCUT2D eigenvalue weighted by Crippen LogP contribution is 2.50. The van der Waals surface area contributed by atoms with Gasteiger partial charge in [-0.25, -0.2) is 4.39 Å². The molecule has 0 aliphatic rings. The predicted molar refractivity (Wildman–Crippen MR) is 80.0 cm³/mol. The Labute approximate surface area is 156 Å². The maximum Gasteiger partial charge on any atom is 0.474 e. The van der Waals surface area contributed by atoms with E-state index < -0.39 is 48.1 Å². The molecule has 0 unspecified atom stereocenters. The molecule has 0 aromatic heterocycles. The first-order valence-corrected chi connectivity index (χ1v) is 7.54. The molecule has 0 amide bonds. The van der Waals surface area contributed by atoms with Crippen molar-refractivity contribution in [3.63, 3.8) is 0 Å². The van der Waals surface area contributed by atoms with Crippen LogP contribution < -0.4 is 9.47 Å². The fourth-order valence-corrected chi connectivity index (χ4v) is 2.09. The van der Waals surface area contributed by atoms with Crippen LogP contribution in [-0.2, 0) is 0 Å². The SMILES string of the molecule is FCC(F)(F)Oc1cccc(-c2ccccc2)c1OC(F)(F)C(F)(F)C(F)(F)F. The maximum absolute atomic E-state index is 13.8. The zero-order chi connectivity index (χ0) is 22.1. The average molecular weight is 436 g/mol. The lowest BCUT2D eigenvalue weighted by molar-refractivity contribution is -0.403. The van der Waals surface area contributed by atoms with Gasteiger partial charge in [0.25, 0.3) is 0 Å². The molecule has 0 saturated heterocycles. The summed E-state index contributed by atoms with van der Waals surface area (Å²) in [6.45, 7) is -2.43. The second-order valence-electron chi connectivity index (χ2n) is 5.56. The molecule has 160 valence electrons. The van der Waals surface area contributed by atoms with Crippen molar-refractivity contribution in [1.82, 2.24) is 0 Å². The van der Waals surface area contributed by atoms with E-state index in [0.717, 1.165) is 12.1 Å². The minimum atomic E-state index is -6.72. The van der Waals surface area contributed by atoms with E-state index in [-0.39, 0.29) is 5.56 Å². The lowest BCUT2D eigenvalue weighted by atomic mass is 10.0. The van der Waals surface area contributed by atoms with E-state index in [9.17, 15) is 43.9 Å². The molecule has 0 aliphatic carbocycles. The van der Waals surface area contributed by atoms with Gasteiger partial charge in [-0.2, -0.15) is 39.5 Å². The van der Waals surface area contributed by atoms with Crippen molar-refractivity contribution in [2.75, 3.05) is 6.67 Å². The van der Waals surface area contributed by atoms with Crippen molar-refractivity contribution in [3.8, 4) is 22.6 Å². The Morgan fingerprint density at radius 3 is 1.79 bits per heavy atom. The molecule has 0 fully saturated rings. The molecule has 2 aromatic rings. The van der Waals surface area contributed by atoms with Crippen LogP contribution in [0.4, 0.5) is 43.9 Å². The van der Waals surface area contributed by atoms with Crippen LogP contribution in [0.3, 0.4) is 0 Å². The lowest BCUT2D eigenvalue weighted by Crippen LogP contribution is -2.55. The maximum atomic E-state index is 13.8. The van der Waals surface area contributed by atoms with Crippen molar-refractivity contribution in [1.29, 1.82) is 0 Å². The van der Waals surface area contributed by atoms with Crippen LogP contribution in [-0.4, -0.2) is 31.0 Å². The minimum Gasteiger partial charge on any atom is -0.427 e. The van der Waals surface area contributed by atoms with Crippen molar-refractivity contribution in [2.45, 2.75) is 24.3 Å². The third-order valence-electron chi connectivity index (χ3n) is 3.43. The van der Waals surface area contributed by atoms with Gasteiger partial charge in [-0.15, -0.1) is 0 Å². The second-order valence-corrected chi connectivity index (χ2v) is 5.56. The third-order valence-corrected chi connectivity index (χ3v) is 3.43. The van der Waals surface area contributed by atoms with Crippen LogP contribution >= 0.6 is 0 Å². The van der Waals surface area contributed by atoms with Gasteiger partial charge in [0, 0.05) is 5.56 Å². The van der Waals surface area contributed by atoms with Crippen molar-refractivity contribution in [3.05, 3.63) is 48.5 Å². The number of hydrogen-bond donors (Lipinski definition) is 0. The molecule has 0 bridgehead atoms. The summed E-state index contributed by atoms with van der Waals surface area (Å²) in [6.07, 6.45) is -17.5. The van der Waals surface area contributed by atoms with E-state index in [1.807, 2.05) is 0 Å². The van der Waals surface area contributed by atoms with Crippen LogP contribution in [0, 0.1) is 0 Å². The molecular formula is C17H10F10O2. The molecule has 0 radical (unpaired) electrons. The molecule has 2 nitrogen and oxygen atoms in total. The molecule has 0 spiro atoms.